The topological polar surface area (TPSA) is 21.7 Å². The van der Waals surface area contributed by atoms with Crippen LogP contribution in [-0.2, 0) is 9.57 Å². The molecule has 0 amide bonds. The Bertz CT molecular complexity index is 302. The van der Waals surface area contributed by atoms with Crippen LogP contribution in [0.4, 0.5) is 0 Å². The summed E-state index contributed by atoms with van der Waals surface area (Å²) in [5, 5.41) is 1.88. The van der Waals surface area contributed by atoms with Gasteiger partial charge in [0.25, 0.3) is 0 Å². The first-order valence-corrected chi connectivity index (χ1v) is 5.37. The van der Waals surface area contributed by atoms with Gasteiger partial charge in [0, 0.05) is 20.1 Å². The van der Waals surface area contributed by atoms with E-state index < -0.39 is 0 Å². The van der Waals surface area contributed by atoms with Crippen LogP contribution in [0.3, 0.4) is 0 Å². The van der Waals surface area contributed by atoms with Crippen molar-refractivity contribution in [2.24, 2.45) is 0 Å². The van der Waals surface area contributed by atoms with Crippen molar-refractivity contribution >= 4 is 0 Å². The zero-order chi connectivity index (χ0) is 10.7. The molecule has 1 fully saturated rings. The lowest BCUT2D eigenvalue weighted by Crippen LogP contribution is -2.17. The summed E-state index contributed by atoms with van der Waals surface area (Å²) in [4.78, 5) is 5.58. The molecule has 3 heteroatoms. The molecular weight excluding hydrogens is 190 g/mol. The largest absolute Gasteiger partial charge is 0.351 e. The summed E-state index contributed by atoms with van der Waals surface area (Å²) >= 11 is 0. The van der Waals surface area contributed by atoms with Crippen LogP contribution in [0, 0.1) is 0 Å². The highest BCUT2D eigenvalue weighted by atomic mass is 16.8. The lowest BCUT2D eigenvalue weighted by Gasteiger charge is -2.16. The molecule has 0 radical (unpaired) electrons. The number of nitrogens with zero attached hydrogens (tertiary/aromatic N) is 1. The average Bonchev–Trinajstić information content (AvgIpc) is 2.61. The summed E-state index contributed by atoms with van der Waals surface area (Å²) in [6.45, 7) is 2.68. The van der Waals surface area contributed by atoms with Crippen LogP contribution in [0.25, 0.3) is 0 Å². The summed E-state index contributed by atoms with van der Waals surface area (Å²) in [5.74, 6) is 0. The van der Waals surface area contributed by atoms with Gasteiger partial charge < -0.3 is 4.74 Å². The third-order valence-electron chi connectivity index (χ3n) is 2.68. The van der Waals surface area contributed by atoms with Crippen LogP contribution in [0.2, 0.25) is 0 Å². The van der Waals surface area contributed by atoms with Gasteiger partial charge in [0.05, 0.1) is 6.04 Å². The monoisotopic (exact) mass is 207 g/mol. The molecule has 0 saturated carbocycles. The Kier molecular flexibility index (Phi) is 3.36. The van der Waals surface area contributed by atoms with E-state index in [4.69, 9.17) is 9.57 Å². The highest BCUT2D eigenvalue weighted by molar-refractivity contribution is 5.19. The molecule has 1 saturated heterocycles. The van der Waals surface area contributed by atoms with Crippen molar-refractivity contribution in [1.82, 2.24) is 5.06 Å². The number of rotatable bonds is 3. The Morgan fingerprint density at radius 2 is 2.13 bits per heavy atom. The molecule has 0 aliphatic carbocycles. The maximum absolute atomic E-state index is 5.58. The van der Waals surface area contributed by atoms with E-state index in [9.17, 15) is 0 Å². The van der Waals surface area contributed by atoms with E-state index in [1.807, 2.05) is 25.1 Å². The van der Waals surface area contributed by atoms with Crippen molar-refractivity contribution < 1.29 is 9.57 Å². The van der Waals surface area contributed by atoms with Gasteiger partial charge in [0.15, 0.2) is 6.29 Å². The van der Waals surface area contributed by atoms with Crippen LogP contribution < -0.4 is 0 Å². The van der Waals surface area contributed by atoms with E-state index in [2.05, 4.69) is 24.3 Å². The maximum Gasteiger partial charge on any atom is 0.179 e. The molecule has 15 heavy (non-hydrogen) atoms. The van der Waals surface area contributed by atoms with Crippen molar-refractivity contribution in [2.45, 2.75) is 25.7 Å². The van der Waals surface area contributed by atoms with Crippen molar-refractivity contribution in [1.29, 1.82) is 0 Å². The average molecular weight is 207 g/mol. The predicted octanol–water partition coefficient (Wildman–Crippen LogP) is 2.36. The van der Waals surface area contributed by atoms with Gasteiger partial charge in [-0.3, -0.25) is 4.84 Å². The van der Waals surface area contributed by atoms with E-state index in [0.29, 0.717) is 12.6 Å². The molecule has 1 aliphatic rings. The van der Waals surface area contributed by atoms with Crippen LogP contribution in [-0.4, -0.2) is 25.0 Å². The van der Waals surface area contributed by atoms with Crippen molar-refractivity contribution in [2.75, 3.05) is 13.7 Å². The molecular formula is C12H17NO2. The Balaban J connectivity index is 2.05. The minimum Gasteiger partial charge on any atom is -0.351 e. The van der Waals surface area contributed by atoms with E-state index >= 15 is 0 Å². The quantitative estimate of drug-likeness (QED) is 0.759. The third-order valence-corrected chi connectivity index (χ3v) is 2.68. The standard InChI is InChI=1S/C12H17NO2/c1-3-14-12-9-11(13(2)15-12)10-7-5-4-6-8-10/h4-8,11-12H,3,9H2,1-2H3/t11-,12+/m1/s1. The summed E-state index contributed by atoms with van der Waals surface area (Å²) in [6.07, 6.45) is 0.805. The minimum absolute atomic E-state index is 0.0924. The van der Waals surface area contributed by atoms with E-state index in [-0.39, 0.29) is 6.29 Å². The molecule has 0 spiro atoms. The van der Waals surface area contributed by atoms with Gasteiger partial charge in [-0.05, 0) is 12.5 Å². The molecule has 1 aromatic carbocycles. The Morgan fingerprint density at radius 1 is 1.40 bits per heavy atom. The van der Waals surface area contributed by atoms with Crippen LogP contribution >= 0.6 is 0 Å². The molecule has 1 aliphatic heterocycles. The van der Waals surface area contributed by atoms with Gasteiger partial charge in [-0.25, -0.2) is 0 Å². The van der Waals surface area contributed by atoms with Crippen molar-refractivity contribution in [3.05, 3.63) is 35.9 Å². The predicted molar refractivity (Wildman–Crippen MR) is 58.1 cm³/mol. The Morgan fingerprint density at radius 3 is 2.80 bits per heavy atom. The fourth-order valence-electron chi connectivity index (χ4n) is 1.94. The molecule has 0 unspecified atom stereocenters. The fourth-order valence-corrected chi connectivity index (χ4v) is 1.94. The third kappa shape index (κ3) is 2.37. The van der Waals surface area contributed by atoms with Gasteiger partial charge in [0.1, 0.15) is 0 Å². The van der Waals surface area contributed by atoms with Gasteiger partial charge in [-0.2, -0.15) is 5.06 Å². The molecule has 0 bridgehead atoms. The zero-order valence-corrected chi connectivity index (χ0v) is 9.22. The molecule has 0 aromatic heterocycles. The maximum atomic E-state index is 5.58. The normalized spacial score (nSPS) is 27.1. The summed E-state index contributed by atoms with van der Waals surface area (Å²) < 4.78 is 5.46. The lowest BCUT2D eigenvalue weighted by atomic mass is 10.0. The molecule has 2 atom stereocenters. The first-order chi connectivity index (χ1) is 7.31. The number of hydrogen-bond donors (Lipinski definition) is 0. The number of ether oxygens (including phenoxy) is 1. The molecule has 82 valence electrons. The molecule has 2 rings (SSSR count). The summed E-state index contributed by atoms with van der Waals surface area (Å²) in [6, 6.07) is 10.7. The second-order valence-electron chi connectivity index (χ2n) is 3.70. The fraction of sp³-hybridized carbons (Fsp3) is 0.500. The van der Waals surface area contributed by atoms with Crippen molar-refractivity contribution in [3.63, 3.8) is 0 Å². The van der Waals surface area contributed by atoms with Crippen LogP contribution in [0.5, 0.6) is 0 Å². The highest BCUT2D eigenvalue weighted by Gasteiger charge is 2.32. The van der Waals surface area contributed by atoms with Crippen LogP contribution in [0.15, 0.2) is 30.3 Å². The number of hydroxylamine groups is 2. The Hall–Kier alpha value is -0.900. The van der Waals surface area contributed by atoms with Crippen LogP contribution in [0.1, 0.15) is 24.9 Å². The van der Waals surface area contributed by atoms with Gasteiger partial charge in [-0.1, -0.05) is 30.3 Å². The van der Waals surface area contributed by atoms with E-state index in [1.165, 1.54) is 5.56 Å². The second-order valence-corrected chi connectivity index (χ2v) is 3.70. The summed E-state index contributed by atoms with van der Waals surface area (Å²) in [7, 11) is 1.96. The first kappa shape index (κ1) is 10.6. The van der Waals surface area contributed by atoms with E-state index in [1.54, 1.807) is 0 Å². The SMILES string of the molecule is CCO[C@@H]1C[C@H](c2ccccc2)N(C)O1. The van der Waals surface area contributed by atoms with Gasteiger partial charge in [-0.15, -0.1) is 0 Å². The molecule has 3 nitrogen and oxygen atoms in total. The van der Waals surface area contributed by atoms with Gasteiger partial charge >= 0.3 is 0 Å². The molecule has 1 aromatic rings. The molecule has 1 heterocycles. The van der Waals surface area contributed by atoms with Gasteiger partial charge in [0.2, 0.25) is 0 Å². The highest BCUT2D eigenvalue weighted by Crippen LogP contribution is 2.32. The summed E-state index contributed by atoms with van der Waals surface area (Å²) in [5.41, 5.74) is 1.28. The second kappa shape index (κ2) is 4.75. The van der Waals surface area contributed by atoms with E-state index in [0.717, 1.165) is 6.42 Å². The lowest BCUT2D eigenvalue weighted by molar-refractivity contribution is -0.227. The zero-order valence-electron chi connectivity index (χ0n) is 9.22. The minimum atomic E-state index is -0.0924. The Labute approximate surface area is 90.6 Å². The number of hydrogen-bond acceptors (Lipinski definition) is 3. The molecule has 0 N–H and O–H groups in total. The van der Waals surface area contributed by atoms with Crippen molar-refractivity contribution in [3.8, 4) is 0 Å². The number of benzene rings is 1. The smallest absolute Gasteiger partial charge is 0.179 e. The first-order valence-electron chi connectivity index (χ1n) is 5.37.